The number of hydrogen-bond donors (Lipinski definition) is 1. The molecule has 0 saturated heterocycles. The lowest BCUT2D eigenvalue weighted by Crippen LogP contribution is -2.15. The predicted molar refractivity (Wildman–Crippen MR) is 67.0 cm³/mol. The predicted octanol–water partition coefficient (Wildman–Crippen LogP) is 3.37. The molecular weight excluding hydrogens is 215 g/mol. The summed E-state index contributed by atoms with van der Waals surface area (Å²) in [4.78, 5) is 0. The van der Waals surface area contributed by atoms with Crippen molar-refractivity contribution in [2.45, 2.75) is 39.2 Å². The Hall–Kier alpha value is -1.40. The van der Waals surface area contributed by atoms with Gasteiger partial charge in [0.05, 0.1) is 11.6 Å². The van der Waals surface area contributed by atoms with Crippen LogP contribution in [0.2, 0.25) is 0 Å². The van der Waals surface area contributed by atoms with Gasteiger partial charge in [-0.25, -0.2) is 4.39 Å². The average Bonchev–Trinajstić information content (AvgIpc) is 2.35. The highest BCUT2D eigenvalue weighted by molar-refractivity contribution is 5.33. The fraction of sp³-hybridized carbons (Fsp3) is 0.500. The molecule has 1 aromatic carbocycles. The highest BCUT2D eigenvalue weighted by Gasteiger charge is 2.02. The molecule has 3 heteroatoms. The standard InChI is InChI=1S/C14H19FN2/c1-2-3-4-5-8-17-11-13-9-12(10-16)6-7-14(13)15/h6-7,9,17H,2-5,8,11H2,1H3. The summed E-state index contributed by atoms with van der Waals surface area (Å²) in [6, 6.07) is 6.48. The minimum Gasteiger partial charge on any atom is -0.313 e. The second-order valence-electron chi connectivity index (χ2n) is 4.16. The third-order valence-electron chi connectivity index (χ3n) is 2.70. The molecule has 2 nitrogen and oxygen atoms in total. The third kappa shape index (κ3) is 4.97. The molecule has 0 aliphatic carbocycles. The molecule has 0 amide bonds. The van der Waals surface area contributed by atoms with Gasteiger partial charge in [0.25, 0.3) is 0 Å². The lowest BCUT2D eigenvalue weighted by molar-refractivity contribution is 0.567. The van der Waals surface area contributed by atoms with E-state index in [1.807, 2.05) is 6.07 Å². The molecule has 17 heavy (non-hydrogen) atoms. The van der Waals surface area contributed by atoms with E-state index in [0.29, 0.717) is 17.7 Å². The van der Waals surface area contributed by atoms with Crippen molar-refractivity contribution >= 4 is 0 Å². The number of hydrogen-bond acceptors (Lipinski definition) is 2. The van der Waals surface area contributed by atoms with Crippen molar-refractivity contribution in [1.82, 2.24) is 5.32 Å². The van der Waals surface area contributed by atoms with Crippen LogP contribution >= 0.6 is 0 Å². The zero-order chi connectivity index (χ0) is 12.5. The van der Waals surface area contributed by atoms with Crippen LogP contribution in [-0.4, -0.2) is 6.54 Å². The molecule has 1 aromatic rings. The van der Waals surface area contributed by atoms with Crippen LogP contribution in [0.5, 0.6) is 0 Å². The topological polar surface area (TPSA) is 35.8 Å². The first-order valence-corrected chi connectivity index (χ1v) is 6.17. The Morgan fingerprint density at radius 1 is 1.29 bits per heavy atom. The number of nitriles is 1. The molecule has 0 aliphatic rings. The van der Waals surface area contributed by atoms with Crippen LogP contribution in [0.15, 0.2) is 18.2 Å². The lowest BCUT2D eigenvalue weighted by Gasteiger charge is -2.06. The second kappa shape index (κ2) is 7.81. The molecule has 0 heterocycles. The SMILES string of the molecule is CCCCCCNCc1cc(C#N)ccc1F. The smallest absolute Gasteiger partial charge is 0.127 e. The summed E-state index contributed by atoms with van der Waals surface area (Å²) < 4.78 is 13.4. The minimum absolute atomic E-state index is 0.245. The molecule has 0 atom stereocenters. The van der Waals surface area contributed by atoms with Gasteiger partial charge in [0, 0.05) is 12.1 Å². The van der Waals surface area contributed by atoms with Crippen molar-refractivity contribution in [3.8, 4) is 6.07 Å². The first-order chi connectivity index (χ1) is 8.27. The molecule has 0 bridgehead atoms. The molecule has 0 unspecified atom stereocenters. The fourth-order valence-corrected chi connectivity index (χ4v) is 1.68. The van der Waals surface area contributed by atoms with Gasteiger partial charge in [-0.05, 0) is 31.2 Å². The molecule has 0 radical (unpaired) electrons. The zero-order valence-corrected chi connectivity index (χ0v) is 10.3. The van der Waals surface area contributed by atoms with Crippen LogP contribution in [0.3, 0.4) is 0 Å². The van der Waals surface area contributed by atoms with Gasteiger partial charge in [-0.3, -0.25) is 0 Å². The van der Waals surface area contributed by atoms with Crippen LogP contribution in [0.4, 0.5) is 4.39 Å². The number of halogens is 1. The molecule has 0 aromatic heterocycles. The van der Waals surface area contributed by atoms with E-state index in [1.54, 1.807) is 6.07 Å². The summed E-state index contributed by atoms with van der Waals surface area (Å²) in [7, 11) is 0. The first-order valence-electron chi connectivity index (χ1n) is 6.17. The van der Waals surface area contributed by atoms with Crippen molar-refractivity contribution in [3.05, 3.63) is 35.1 Å². The van der Waals surface area contributed by atoms with Gasteiger partial charge in [-0.2, -0.15) is 5.26 Å². The van der Waals surface area contributed by atoms with Gasteiger partial charge in [0.2, 0.25) is 0 Å². The van der Waals surface area contributed by atoms with Crippen LogP contribution < -0.4 is 5.32 Å². The largest absolute Gasteiger partial charge is 0.313 e. The maximum absolute atomic E-state index is 13.4. The Balaban J connectivity index is 2.33. The summed E-state index contributed by atoms with van der Waals surface area (Å²) in [6.07, 6.45) is 4.80. The van der Waals surface area contributed by atoms with Crippen molar-refractivity contribution < 1.29 is 4.39 Å². The summed E-state index contributed by atoms with van der Waals surface area (Å²) in [6.45, 7) is 3.57. The van der Waals surface area contributed by atoms with E-state index in [4.69, 9.17) is 5.26 Å². The molecule has 92 valence electrons. The number of nitrogens with one attached hydrogen (secondary N) is 1. The van der Waals surface area contributed by atoms with E-state index in [2.05, 4.69) is 12.2 Å². The minimum atomic E-state index is -0.245. The summed E-state index contributed by atoms with van der Waals surface area (Å²) in [5.41, 5.74) is 1.08. The molecule has 0 aliphatic heterocycles. The van der Waals surface area contributed by atoms with Gasteiger partial charge >= 0.3 is 0 Å². The van der Waals surface area contributed by atoms with Gasteiger partial charge in [-0.1, -0.05) is 26.2 Å². The van der Waals surface area contributed by atoms with Gasteiger partial charge in [0.15, 0.2) is 0 Å². The molecule has 1 N–H and O–H groups in total. The highest BCUT2D eigenvalue weighted by Crippen LogP contribution is 2.09. The van der Waals surface area contributed by atoms with E-state index in [-0.39, 0.29) is 5.82 Å². The third-order valence-corrected chi connectivity index (χ3v) is 2.70. The van der Waals surface area contributed by atoms with E-state index >= 15 is 0 Å². The number of nitrogens with zero attached hydrogens (tertiary/aromatic N) is 1. The number of unbranched alkanes of at least 4 members (excludes halogenated alkanes) is 3. The quantitative estimate of drug-likeness (QED) is 0.734. The zero-order valence-electron chi connectivity index (χ0n) is 10.3. The monoisotopic (exact) mass is 234 g/mol. The van der Waals surface area contributed by atoms with Gasteiger partial charge < -0.3 is 5.32 Å². The molecule has 0 saturated carbocycles. The van der Waals surface area contributed by atoms with Gasteiger partial charge in [0.1, 0.15) is 5.82 Å². The second-order valence-corrected chi connectivity index (χ2v) is 4.16. The van der Waals surface area contributed by atoms with Crippen molar-refractivity contribution in [2.75, 3.05) is 6.54 Å². The molecule has 0 fully saturated rings. The van der Waals surface area contributed by atoms with E-state index in [1.165, 1.54) is 31.4 Å². The Morgan fingerprint density at radius 2 is 2.12 bits per heavy atom. The van der Waals surface area contributed by atoms with E-state index in [9.17, 15) is 4.39 Å². The Labute approximate surface area is 102 Å². The van der Waals surface area contributed by atoms with Crippen LogP contribution in [0.1, 0.15) is 43.7 Å². The molecule has 1 rings (SSSR count). The van der Waals surface area contributed by atoms with Crippen LogP contribution in [0.25, 0.3) is 0 Å². The number of benzene rings is 1. The number of rotatable bonds is 7. The fourth-order valence-electron chi connectivity index (χ4n) is 1.68. The normalized spacial score (nSPS) is 10.2. The Kier molecular flexibility index (Phi) is 6.27. The highest BCUT2D eigenvalue weighted by atomic mass is 19.1. The van der Waals surface area contributed by atoms with Crippen molar-refractivity contribution in [2.24, 2.45) is 0 Å². The van der Waals surface area contributed by atoms with Crippen molar-refractivity contribution in [1.29, 1.82) is 5.26 Å². The first kappa shape index (κ1) is 13.7. The Bertz CT molecular complexity index is 382. The van der Waals surface area contributed by atoms with Gasteiger partial charge in [-0.15, -0.1) is 0 Å². The van der Waals surface area contributed by atoms with E-state index in [0.717, 1.165) is 13.0 Å². The maximum atomic E-state index is 13.4. The summed E-state index contributed by atoms with van der Waals surface area (Å²) >= 11 is 0. The van der Waals surface area contributed by atoms with Crippen LogP contribution in [0, 0.1) is 17.1 Å². The molecular formula is C14H19FN2. The van der Waals surface area contributed by atoms with Crippen LogP contribution in [-0.2, 0) is 6.54 Å². The Morgan fingerprint density at radius 3 is 2.82 bits per heavy atom. The van der Waals surface area contributed by atoms with Crippen molar-refractivity contribution in [3.63, 3.8) is 0 Å². The summed E-state index contributed by atoms with van der Waals surface area (Å²) in [5.74, 6) is -0.245. The molecule has 0 spiro atoms. The lowest BCUT2D eigenvalue weighted by atomic mass is 10.1. The maximum Gasteiger partial charge on any atom is 0.127 e. The van der Waals surface area contributed by atoms with E-state index < -0.39 is 0 Å². The average molecular weight is 234 g/mol. The summed E-state index contributed by atoms with van der Waals surface area (Å²) in [5, 5.41) is 11.9.